The lowest BCUT2D eigenvalue weighted by molar-refractivity contribution is -0.114. The zero-order chi connectivity index (χ0) is 11.5. The van der Waals surface area contributed by atoms with E-state index in [0.717, 1.165) is 23.4 Å². The highest BCUT2D eigenvalue weighted by molar-refractivity contribution is 5.91. The lowest BCUT2D eigenvalue weighted by Gasteiger charge is -2.03. The standard InChI is InChI=1S/C13H14N2O/c1-3-10(16)9-13-14-11-7-5-6-8-12(11)15(13)4-2/h3,5-8H,1,4,9H2,2H3. The summed E-state index contributed by atoms with van der Waals surface area (Å²) < 4.78 is 2.07. The Bertz CT molecular complexity index is 540. The number of aryl methyl sites for hydroxylation is 1. The van der Waals surface area contributed by atoms with Gasteiger partial charge >= 0.3 is 0 Å². The minimum atomic E-state index is 0.00464. The van der Waals surface area contributed by atoms with E-state index in [1.54, 1.807) is 0 Å². The molecular weight excluding hydrogens is 200 g/mol. The number of hydrogen-bond donors (Lipinski definition) is 0. The minimum Gasteiger partial charge on any atom is -0.328 e. The second-order valence-corrected chi connectivity index (χ2v) is 3.61. The summed E-state index contributed by atoms with van der Waals surface area (Å²) in [4.78, 5) is 15.8. The Kier molecular flexibility index (Phi) is 2.86. The number of carbonyl (C=O) groups excluding carboxylic acids is 1. The Hall–Kier alpha value is -1.90. The van der Waals surface area contributed by atoms with E-state index in [1.165, 1.54) is 6.08 Å². The van der Waals surface area contributed by atoms with Gasteiger partial charge in [0.1, 0.15) is 5.82 Å². The molecule has 0 bridgehead atoms. The molecule has 0 aliphatic carbocycles. The second-order valence-electron chi connectivity index (χ2n) is 3.61. The van der Waals surface area contributed by atoms with Crippen LogP contribution in [0.5, 0.6) is 0 Å². The van der Waals surface area contributed by atoms with Crippen LogP contribution in [0.3, 0.4) is 0 Å². The van der Waals surface area contributed by atoms with Crippen molar-refractivity contribution in [3.63, 3.8) is 0 Å². The van der Waals surface area contributed by atoms with Gasteiger partial charge in [0.15, 0.2) is 5.78 Å². The van der Waals surface area contributed by atoms with E-state index >= 15 is 0 Å². The maximum absolute atomic E-state index is 11.4. The molecule has 0 aliphatic heterocycles. The zero-order valence-corrected chi connectivity index (χ0v) is 9.31. The number of hydrogen-bond acceptors (Lipinski definition) is 2. The van der Waals surface area contributed by atoms with E-state index < -0.39 is 0 Å². The largest absolute Gasteiger partial charge is 0.328 e. The third-order valence-corrected chi connectivity index (χ3v) is 2.61. The van der Waals surface area contributed by atoms with Gasteiger partial charge in [0, 0.05) is 6.54 Å². The van der Waals surface area contributed by atoms with Crippen molar-refractivity contribution in [2.75, 3.05) is 0 Å². The van der Waals surface area contributed by atoms with Crippen molar-refractivity contribution >= 4 is 16.8 Å². The maximum atomic E-state index is 11.4. The van der Waals surface area contributed by atoms with Gasteiger partial charge in [0.25, 0.3) is 0 Å². The number of allylic oxidation sites excluding steroid dienone is 1. The average molecular weight is 214 g/mol. The Morgan fingerprint density at radius 2 is 2.25 bits per heavy atom. The van der Waals surface area contributed by atoms with Crippen LogP contribution >= 0.6 is 0 Å². The van der Waals surface area contributed by atoms with Crippen LogP contribution in [0.2, 0.25) is 0 Å². The fourth-order valence-corrected chi connectivity index (χ4v) is 1.84. The molecule has 0 N–H and O–H groups in total. The van der Waals surface area contributed by atoms with E-state index in [2.05, 4.69) is 23.1 Å². The topological polar surface area (TPSA) is 34.9 Å². The smallest absolute Gasteiger partial charge is 0.162 e. The van der Waals surface area contributed by atoms with Crippen molar-refractivity contribution in [3.8, 4) is 0 Å². The molecule has 1 heterocycles. The van der Waals surface area contributed by atoms with Crippen molar-refractivity contribution in [1.29, 1.82) is 0 Å². The van der Waals surface area contributed by atoms with Gasteiger partial charge in [-0.2, -0.15) is 0 Å². The molecule has 0 amide bonds. The lowest BCUT2D eigenvalue weighted by Crippen LogP contribution is -2.07. The molecule has 0 spiro atoms. The van der Waals surface area contributed by atoms with Crippen molar-refractivity contribution in [3.05, 3.63) is 42.7 Å². The summed E-state index contributed by atoms with van der Waals surface area (Å²) in [5, 5.41) is 0. The molecule has 0 saturated carbocycles. The quantitative estimate of drug-likeness (QED) is 0.732. The van der Waals surface area contributed by atoms with E-state index in [9.17, 15) is 4.79 Å². The van der Waals surface area contributed by atoms with E-state index in [1.807, 2.05) is 24.3 Å². The van der Waals surface area contributed by atoms with Crippen molar-refractivity contribution in [2.24, 2.45) is 0 Å². The summed E-state index contributed by atoms with van der Waals surface area (Å²) in [6.45, 7) is 6.35. The molecule has 2 rings (SSSR count). The normalized spacial score (nSPS) is 10.6. The number of carbonyl (C=O) groups is 1. The molecule has 0 atom stereocenters. The third kappa shape index (κ3) is 1.76. The Labute approximate surface area is 94.4 Å². The second kappa shape index (κ2) is 4.31. The molecule has 3 heteroatoms. The van der Waals surface area contributed by atoms with Gasteiger partial charge in [-0.15, -0.1) is 0 Å². The number of nitrogens with zero attached hydrogens (tertiary/aromatic N) is 2. The summed E-state index contributed by atoms with van der Waals surface area (Å²) in [5.41, 5.74) is 2.02. The SMILES string of the molecule is C=CC(=O)Cc1nc2ccccc2n1CC. The van der Waals surface area contributed by atoms with E-state index in [-0.39, 0.29) is 5.78 Å². The fraction of sp³-hybridized carbons (Fsp3) is 0.231. The van der Waals surface area contributed by atoms with Gasteiger partial charge in [0.2, 0.25) is 0 Å². The zero-order valence-electron chi connectivity index (χ0n) is 9.31. The van der Waals surface area contributed by atoms with Crippen molar-refractivity contribution < 1.29 is 4.79 Å². The maximum Gasteiger partial charge on any atom is 0.162 e. The van der Waals surface area contributed by atoms with Crippen LogP contribution in [-0.2, 0) is 17.8 Å². The molecule has 1 aromatic carbocycles. The number of imidazole rings is 1. The first-order valence-corrected chi connectivity index (χ1v) is 5.35. The molecule has 3 nitrogen and oxygen atoms in total. The predicted molar refractivity (Wildman–Crippen MR) is 64.3 cm³/mol. The molecule has 0 radical (unpaired) electrons. The van der Waals surface area contributed by atoms with Gasteiger partial charge in [-0.3, -0.25) is 4.79 Å². The van der Waals surface area contributed by atoms with E-state index in [4.69, 9.17) is 0 Å². The summed E-state index contributed by atoms with van der Waals surface area (Å²) in [7, 11) is 0. The van der Waals surface area contributed by atoms with Gasteiger partial charge in [0.05, 0.1) is 17.5 Å². The molecule has 0 saturated heterocycles. The predicted octanol–water partition coefficient (Wildman–Crippen LogP) is 2.35. The highest BCUT2D eigenvalue weighted by Crippen LogP contribution is 2.16. The number of benzene rings is 1. The number of fused-ring (bicyclic) bond motifs is 1. The monoisotopic (exact) mass is 214 g/mol. The minimum absolute atomic E-state index is 0.00464. The number of aromatic nitrogens is 2. The molecule has 16 heavy (non-hydrogen) atoms. The highest BCUT2D eigenvalue weighted by atomic mass is 16.1. The lowest BCUT2D eigenvalue weighted by atomic mass is 10.2. The first-order valence-electron chi connectivity index (χ1n) is 5.35. The molecule has 0 unspecified atom stereocenters. The van der Waals surface area contributed by atoms with Gasteiger partial charge in [-0.1, -0.05) is 18.7 Å². The van der Waals surface area contributed by atoms with Crippen molar-refractivity contribution in [2.45, 2.75) is 19.9 Å². The van der Waals surface area contributed by atoms with Gasteiger partial charge in [-0.05, 0) is 25.1 Å². The Morgan fingerprint density at radius 3 is 2.94 bits per heavy atom. The first kappa shape index (κ1) is 10.6. The van der Waals surface area contributed by atoms with Crippen LogP contribution in [-0.4, -0.2) is 15.3 Å². The van der Waals surface area contributed by atoms with Crippen LogP contribution < -0.4 is 0 Å². The Morgan fingerprint density at radius 1 is 1.50 bits per heavy atom. The Balaban J connectivity index is 2.52. The molecule has 1 aromatic heterocycles. The van der Waals surface area contributed by atoms with Crippen LogP contribution in [0.25, 0.3) is 11.0 Å². The number of rotatable bonds is 4. The van der Waals surface area contributed by atoms with Gasteiger partial charge in [-0.25, -0.2) is 4.98 Å². The fourth-order valence-electron chi connectivity index (χ4n) is 1.84. The molecule has 0 aliphatic rings. The van der Waals surface area contributed by atoms with E-state index in [0.29, 0.717) is 6.42 Å². The van der Waals surface area contributed by atoms with Crippen molar-refractivity contribution in [1.82, 2.24) is 9.55 Å². The third-order valence-electron chi connectivity index (χ3n) is 2.61. The number of ketones is 1. The van der Waals surface area contributed by atoms with Crippen LogP contribution in [0, 0.1) is 0 Å². The molecule has 2 aromatic rings. The molecule has 0 fully saturated rings. The first-order chi connectivity index (χ1) is 7.76. The molecule has 82 valence electrons. The van der Waals surface area contributed by atoms with Crippen LogP contribution in [0.4, 0.5) is 0 Å². The van der Waals surface area contributed by atoms with Crippen LogP contribution in [0.15, 0.2) is 36.9 Å². The highest BCUT2D eigenvalue weighted by Gasteiger charge is 2.10. The summed E-state index contributed by atoms with van der Waals surface area (Å²) in [6, 6.07) is 7.92. The van der Waals surface area contributed by atoms with Gasteiger partial charge < -0.3 is 4.57 Å². The summed E-state index contributed by atoms with van der Waals surface area (Å²) >= 11 is 0. The number of para-hydroxylation sites is 2. The summed E-state index contributed by atoms with van der Waals surface area (Å²) in [5.74, 6) is 0.818. The average Bonchev–Trinajstić information content (AvgIpc) is 2.65. The summed E-state index contributed by atoms with van der Waals surface area (Å²) in [6.07, 6.45) is 1.67. The molecular formula is C13H14N2O. The van der Waals surface area contributed by atoms with Crippen LogP contribution in [0.1, 0.15) is 12.7 Å².